The Balaban J connectivity index is 1.67. The zero-order chi connectivity index (χ0) is 15.5. The predicted octanol–water partition coefficient (Wildman–Crippen LogP) is 2.23. The fourth-order valence-corrected chi connectivity index (χ4v) is 2.86. The fraction of sp³-hybridized carbons (Fsp3) is 0.529. The van der Waals surface area contributed by atoms with Crippen LogP contribution in [-0.2, 0) is 16.1 Å². The van der Waals surface area contributed by atoms with Crippen molar-refractivity contribution in [3.8, 4) is 0 Å². The van der Waals surface area contributed by atoms with Crippen LogP contribution in [0.5, 0.6) is 0 Å². The highest BCUT2D eigenvalue weighted by Gasteiger charge is 2.33. The number of hydrogen-bond donors (Lipinski definition) is 1. The summed E-state index contributed by atoms with van der Waals surface area (Å²) in [4.78, 5) is 26.2. The Kier molecular flexibility index (Phi) is 4.41. The molecule has 2 fully saturated rings. The maximum Gasteiger partial charge on any atom is 0.242 e. The molecule has 0 radical (unpaired) electrons. The van der Waals surface area contributed by atoms with Gasteiger partial charge in [0.1, 0.15) is 11.9 Å². The van der Waals surface area contributed by atoms with Crippen LogP contribution in [0.2, 0.25) is 0 Å². The third kappa shape index (κ3) is 3.64. The second-order valence-corrected chi connectivity index (χ2v) is 6.24. The van der Waals surface area contributed by atoms with E-state index < -0.39 is 6.04 Å². The molecule has 1 unspecified atom stereocenters. The summed E-state index contributed by atoms with van der Waals surface area (Å²) in [5.74, 6) is 0.269. The van der Waals surface area contributed by atoms with Gasteiger partial charge >= 0.3 is 0 Å². The maximum atomic E-state index is 13.0. The summed E-state index contributed by atoms with van der Waals surface area (Å²) in [7, 11) is 0. The van der Waals surface area contributed by atoms with E-state index in [1.54, 1.807) is 17.0 Å². The van der Waals surface area contributed by atoms with Gasteiger partial charge in [0.2, 0.25) is 11.8 Å². The molecule has 1 atom stereocenters. The number of likely N-dealkylation sites (tertiary alicyclic amines) is 1. The molecular formula is C17H21FN2O2. The summed E-state index contributed by atoms with van der Waals surface area (Å²) < 4.78 is 13.0. The number of nitrogens with one attached hydrogen (secondary N) is 1. The van der Waals surface area contributed by atoms with Gasteiger partial charge in [0.15, 0.2) is 0 Å². The lowest BCUT2D eigenvalue weighted by atomic mass is 9.99. The first kappa shape index (κ1) is 15.0. The molecule has 1 aliphatic heterocycles. The molecule has 3 rings (SSSR count). The second kappa shape index (κ2) is 6.46. The number of hydrogen-bond acceptors (Lipinski definition) is 2. The van der Waals surface area contributed by atoms with Crippen molar-refractivity contribution in [2.45, 2.75) is 44.7 Å². The van der Waals surface area contributed by atoms with Crippen LogP contribution in [-0.4, -0.2) is 29.3 Å². The van der Waals surface area contributed by atoms with Gasteiger partial charge in [-0.15, -0.1) is 0 Å². The highest BCUT2D eigenvalue weighted by Crippen LogP contribution is 2.28. The quantitative estimate of drug-likeness (QED) is 0.907. The molecule has 1 N–H and O–H groups in total. The Bertz CT molecular complexity index is 554. The first-order chi connectivity index (χ1) is 10.6. The molecule has 1 heterocycles. The maximum absolute atomic E-state index is 13.0. The van der Waals surface area contributed by atoms with Gasteiger partial charge in [0.25, 0.3) is 0 Å². The number of carbonyl (C=O) groups excluding carboxylic acids is 2. The van der Waals surface area contributed by atoms with Gasteiger partial charge < -0.3 is 10.2 Å². The number of rotatable bonds is 5. The summed E-state index contributed by atoms with van der Waals surface area (Å²) in [5, 5.41) is 2.97. The summed E-state index contributed by atoms with van der Waals surface area (Å²) in [6.07, 6.45) is 4.30. The highest BCUT2D eigenvalue weighted by atomic mass is 19.1. The van der Waals surface area contributed by atoms with Crippen LogP contribution in [0.3, 0.4) is 0 Å². The van der Waals surface area contributed by atoms with E-state index in [9.17, 15) is 14.0 Å². The number of nitrogens with zero attached hydrogens (tertiary/aromatic N) is 1. The van der Waals surface area contributed by atoms with Gasteiger partial charge in [-0.1, -0.05) is 12.1 Å². The molecule has 1 saturated heterocycles. The topological polar surface area (TPSA) is 49.4 Å². The van der Waals surface area contributed by atoms with Crippen LogP contribution in [0.1, 0.15) is 37.7 Å². The molecule has 0 aromatic heterocycles. The van der Waals surface area contributed by atoms with Crippen LogP contribution < -0.4 is 5.32 Å². The smallest absolute Gasteiger partial charge is 0.242 e. The molecule has 0 bridgehead atoms. The Morgan fingerprint density at radius 1 is 1.23 bits per heavy atom. The van der Waals surface area contributed by atoms with Crippen molar-refractivity contribution in [1.29, 1.82) is 0 Å². The van der Waals surface area contributed by atoms with Gasteiger partial charge in [0.05, 0.1) is 0 Å². The van der Waals surface area contributed by atoms with Crippen molar-refractivity contribution in [2.24, 2.45) is 5.92 Å². The molecule has 1 aliphatic carbocycles. The van der Waals surface area contributed by atoms with Crippen molar-refractivity contribution < 1.29 is 14.0 Å². The summed E-state index contributed by atoms with van der Waals surface area (Å²) in [6.45, 7) is 1.08. The fourth-order valence-electron chi connectivity index (χ4n) is 2.86. The monoisotopic (exact) mass is 304 g/mol. The number of piperidine rings is 1. The Labute approximate surface area is 129 Å². The zero-order valence-electron chi connectivity index (χ0n) is 12.6. The summed E-state index contributed by atoms with van der Waals surface area (Å²) >= 11 is 0. The minimum absolute atomic E-state index is 0.00199. The molecule has 1 aromatic carbocycles. The summed E-state index contributed by atoms with van der Waals surface area (Å²) in [5.41, 5.74) is 0.844. The first-order valence-corrected chi connectivity index (χ1v) is 7.95. The van der Waals surface area contributed by atoms with E-state index in [0.29, 0.717) is 31.8 Å². The van der Waals surface area contributed by atoms with Crippen molar-refractivity contribution in [2.75, 3.05) is 6.54 Å². The average molecular weight is 304 g/mol. The van der Waals surface area contributed by atoms with Crippen molar-refractivity contribution in [3.63, 3.8) is 0 Å². The van der Waals surface area contributed by atoms with Gasteiger partial charge in [-0.25, -0.2) is 4.39 Å². The minimum atomic E-state index is -0.398. The van der Waals surface area contributed by atoms with E-state index in [0.717, 1.165) is 12.0 Å². The number of carbonyl (C=O) groups is 2. The molecule has 1 aromatic rings. The molecule has 4 nitrogen and oxygen atoms in total. The third-order valence-electron chi connectivity index (χ3n) is 4.40. The van der Waals surface area contributed by atoms with Gasteiger partial charge in [-0.3, -0.25) is 9.59 Å². The third-order valence-corrected chi connectivity index (χ3v) is 4.40. The van der Waals surface area contributed by atoms with E-state index >= 15 is 0 Å². The number of halogens is 1. The van der Waals surface area contributed by atoms with Crippen LogP contribution in [0.25, 0.3) is 0 Å². The minimum Gasteiger partial charge on any atom is -0.354 e. The zero-order valence-corrected chi connectivity index (χ0v) is 12.6. The Morgan fingerprint density at radius 3 is 2.64 bits per heavy atom. The van der Waals surface area contributed by atoms with Crippen LogP contribution in [0.15, 0.2) is 24.3 Å². The number of benzene rings is 1. The summed E-state index contributed by atoms with van der Waals surface area (Å²) in [6, 6.07) is 5.69. The van der Waals surface area contributed by atoms with Crippen LogP contribution in [0, 0.1) is 11.7 Å². The molecule has 1 saturated carbocycles. The van der Waals surface area contributed by atoms with Crippen LogP contribution >= 0.6 is 0 Å². The molecule has 118 valence electrons. The van der Waals surface area contributed by atoms with Gasteiger partial charge in [-0.2, -0.15) is 0 Å². The van der Waals surface area contributed by atoms with E-state index in [4.69, 9.17) is 0 Å². The van der Waals surface area contributed by atoms with Crippen molar-refractivity contribution in [1.82, 2.24) is 10.2 Å². The van der Waals surface area contributed by atoms with Gasteiger partial charge in [0, 0.05) is 19.5 Å². The normalized spacial score (nSPS) is 21.8. The molecule has 0 spiro atoms. The largest absolute Gasteiger partial charge is 0.354 e. The van der Waals surface area contributed by atoms with E-state index in [1.165, 1.54) is 25.0 Å². The SMILES string of the molecule is O=C(NCC1CC1)C1CCCC(=O)N1Cc1ccc(F)cc1. The van der Waals surface area contributed by atoms with E-state index in [2.05, 4.69) is 5.32 Å². The molecule has 2 aliphatic rings. The molecule has 2 amide bonds. The second-order valence-electron chi connectivity index (χ2n) is 6.24. The Morgan fingerprint density at radius 2 is 1.95 bits per heavy atom. The first-order valence-electron chi connectivity index (χ1n) is 7.95. The predicted molar refractivity (Wildman–Crippen MR) is 80.3 cm³/mol. The van der Waals surface area contributed by atoms with Crippen molar-refractivity contribution >= 4 is 11.8 Å². The molecule has 5 heteroatoms. The Hall–Kier alpha value is -1.91. The molecular weight excluding hydrogens is 283 g/mol. The van der Waals surface area contributed by atoms with E-state index in [1.807, 2.05) is 0 Å². The lowest BCUT2D eigenvalue weighted by molar-refractivity contribution is -0.144. The lowest BCUT2D eigenvalue weighted by Gasteiger charge is -2.34. The van der Waals surface area contributed by atoms with Gasteiger partial charge in [-0.05, 0) is 49.3 Å². The average Bonchev–Trinajstić information content (AvgIpc) is 3.33. The van der Waals surface area contributed by atoms with Crippen molar-refractivity contribution in [3.05, 3.63) is 35.6 Å². The van der Waals surface area contributed by atoms with Crippen LogP contribution in [0.4, 0.5) is 4.39 Å². The number of amides is 2. The van der Waals surface area contributed by atoms with E-state index in [-0.39, 0.29) is 17.6 Å². The molecule has 22 heavy (non-hydrogen) atoms. The highest BCUT2D eigenvalue weighted by molar-refractivity contribution is 5.88. The lowest BCUT2D eigenvalue weighted by Crippen LogP contribution is -2.51. The standard InChI is InChI=1S/C17H21FN2O2/c18-14-8-6-13(7-9-14)11-20-15(2-1-3-16(20)21)17(22)19-10-12-4-5-12/h6-9,12,15H,1-5,10-11H2,(H,19,22).